The van der Waals surface area contributed by atoms with Gasteiger partial charge in [-0.25, -0.2) is 0 Å². The maximum absolute atomic E-state index is 11.6. The van der Waals surface area contributed by atoms with Crippen LogP contribution in [0.2, 0.25) is 0 Å². The van der Waals surface area contributed by atoms with Gasteiger partial charge in [-0.3, -0.25) is 10.1 Å². The summed E-state index contributed by atoms with van der Waals surface area (Å²) in [6.07, 6.45) is 0. The van der Waals surface area contributed by atoms with E-state index in [-0.39, 0.29) is 10.6 Å². The minimum Gasteiger partial charge on any atom is -0.382 e. The first-order valence-electron chi connectivity index (χ1n) is 18.9. The average molecular weight is 761 g/mol. The van der Waals surface area contributed by atoms with Gasteiger partial charge in [0.25, 0.3) is 5.69 Å². The molecule has 12 heteroatoms. The number of non-ortho nitro benzene ring substituents is 1. The van der Waals surface area contributed by atoms with E-state index < -0.39 is 0 Å². The van der Waals surface area contributed by atoms with Crippen LogP contribution in [-0.4, -0.2) is 94.3 Å². The number of fused-ring (bicyclic) bond motifs is 6. The molecule has 0 spiro atoms. The lowest BCUT2D eigenvalue weighted by atomic mass is 10.1. The van der Waals surface area contributed by atoms with Crippen LogP contribution in [0, 0.1) is 10.1 Å². The largest absolute Gasteiger partial charge is 0.382 e. The number of methoxy groups -OCH3 is 2. The number of nitrogens with zero attached hydrogens (tertiary/aromatic N) is 4. The van der Waals surface area contributed by atoms with Gasteiger partial charge in [0.1, 0.15) is 0 Å². The van der Waals surface area contributed by atoms with E-state index in [4.69, 9.17) is 28.4 Å². The highest BCUT2D eigenvalue weighted by atomic mass is 16.6. The molecule has 12 nitrogen and oxygen atoms in total. The Hall–Kier alpha value is -5.34. The smallest absolute Gasteiger partial charge is 0.269 e. The van der Waals surface area contributed by atoms with E-state index in [1.165, 1.54) is 0 Å². The molecule has 0 fully saturated rings. The number of hydrogen-bond acceptors (Lipinski definition) is 9. The van der Waals surface area contributed by atoms with E-state index in [1.54, 1.807) is 26.4 Å². The van der Waals surface area contributed by atoms with Crippen LogP contribution in [0.15, 0.2) is 109 Å². The second kappa shape index (κ2) is 19.0. The van der Waals surface area contributed by atoms with E-state index in [0.717, 1.165) is 60.7 Å². The van der Waals surface area contributed by atoms with Crippen molar-refractivity contribution in [3.63, 3.8) is 0 Å². The molecule has 2 heterocycles. The number of aromatic nitrogens is 2. The van der Waals surface area contributed by atoms with Gasteiger partial charge in [0.2, 0.25) is 0 Å². The van der Waals surface area contributed by atoms with Gasteiger partial charge in [0.15, 0.2) is 0 Å². The Labute approximate surface area is 325 Å². The molecule has 292 valence electrons. The molecule has 0 aliphatic heterocycles. The van der Waals surface area contributed by atoms with E-state index in [1.807, 2.05) is 12.1 Å². The van der Waals surface area contributed by atoms with Gasteiger partial charge in [-0.15, -0.1) is 0 Å². The van der Waals surface area contributed by atoms with Crippen LogP contribution in [-0.2, 0) is 41.5 Å². The molecule has 0 aliphatic rings. The van der Waals surface area contributed by atoms with Crippen molar-refractivity contribution in [1.29, 1.82) is 0 Å². The molecular formula is C44H48N4O8. The molecule has 0 saturated heterocycles. The summed E-state index contributed by atoms with van der Waals surface area (Å²) in [5.41, 5.74) is 7.16. The maximum atomic E-state index is 11.6. The summed E-state index contributed by atoms with van der Waals surface area (Å²) in [7, 11) is 3.32. The Morgan fingerprint density at radius 3 is 1.32 bits per heavy atom. The normalized spacial score (nSPS) is 11.8. The monoisotopic (exact) mass is 760 g/mol. The fourth-order valence-electron chi connectivity index (χ4n) is 7.25. The summed E-state index contributed by atoms with van der Waals surface area (Å²) >= 11 is 0. The van der Waals surface area contributed by atoms with Gasteiger partial charge in [0, 0.05) is 100 Å². The predicted molar refractivity (Wildman–Crippen MR) is 221 cm³/mol. The van der Waals surface area contributed by atoms with Crippen LogP contribution in [0.3, 0.4) is 0 Å². The number of benzene rings is 5. The fourth-order valence-corrected chi connectivity index (χ4v) is 7.25. The van der Waals surface area contributed by atoms with Crippen molar-refractivity contribution in [1.82, 2.24) is 9.13 Å². The summed E-state index contributed by atoms with van der Waals surface area (Å²) < 4.78 is 37.7. The van der Waals surface area contributed by atoms with Crippen molar-refractivity contribution in [2.45, 2.75) is 13.1 Å². The number of nitro groups is 1. The van der Waals surface area contributed by atoms with Crippen LogP contribution >= 0.6 is 0 Å². The van der Waals surface area contributed by atoms with E-state index in [2.05, 4.69) is 99.0 Å². The first kappa shape index (κ1) is 38.9. The summed E-state index contributed by atoms with van der Waals surface area (Å²) in [6, 6.07) is 36.5. The first-order valence-corrected chi connectivity index (χ1v) is 18.9. The average Bonchev–Trinajstić information content (AvgIpc) is 3.71. The zero-order chi connectivity index (χ0) is 38.7. The van der Waals surface area contributed by atoms with E-state index >= 15 is 0 Å². The zero-order valence-electron chi connectivity index (χ0n) is 31.9. The van der Waals surface area contributed by atoms with Crippen LogP contribution < -0.4 is 4.90 Å². The maximum Gasteiger partial charge on any atom is 0.269 e. The lowest BCUT2D eigenvalue weighted by Gasteiger charge is -2.26. The first-order chi connectivity index (χ1) is 27.6. The highest BCUT2D eigenvalue weighted by Gasteiger charge is 2.20. The Bertz CT molecular complexity index is 2230. The fraction of sp³-hybridized carbons (Fsp3) is 0.318. The molecule has 0 atom stereocenters. The minimum absolute atomic E-state index is 0.0401. The predicted octanol–water partition coefficient (Wildman–Crippen LogP) is 8.64. The summed E-state index contributed by atoms with van der Waals surface area (Å²) in [4.78, 5) is 13.4. The second-order valence-corrected chi connectivity index (χ2v) is 13.3. The molecule has 0 radical (unpaired) electrons. The molecule has 7 rings (SSSR count). The Kier molecular flexibility index (Phi) is 13.2. The van der Waals surface area contributed by atoms with Crippen LogP contribution in [0.4, 0.5) is 22.7 Å². The molecule has 0 N–H and O–H groups in total. The van der Waals surface area contributed by atoms with Crippen LogP contribution in [0.1, 0.15) is 0 Å². The van der Waals surface area contributed by atoms with Crippen molar-refractivity contribution < 1.29 is 33.3 Å². The number of anilines is 3. The van der Waals surface area contributed by atoms with Gasteiger partial charge >= 0.3 is 0 Å². The van der Waals surface area contributed by atoms with Crippen molar-refractivity contribution in [2.24, 2.45) is 0 Å². The van der Waals surface area contributed by atoms with Crippen molar-refractivity contribution in [2.75, 3.05) is 85.2 Å². The number of hydrogen-bond donors (Lipinski definition) is 0. The molecule has 0 amide bonds. The van der Waals surface area contributed by atoms with Crippen molar-refractivity contribution in [3.05, 3.63) is 119 Å². The summed E-state index contributed by atoms with van der Waals surface area (Å²) in [5, 5.41) is 16.1. The SMILES string of the molecule is COCCOCCOCCn1c2ccccc2c2cc(N(c3ccc([N+](=O)[O-])cc3)c3ccc4c(c3)c3ccccc3n4CCOCCOCCOC)ccc21. The molecule has 5 aromatic carbocycles. The quantitative estimate of drug-likeness (QED) is 0.0381. The van der Waals surface area contributed by atoms with Gasteiger partial charge in [-0.1, -0.05) is 36.4 Å². The lowest BCUT2D eigenvalue weighted by molar-refractivity contribution is -0.384. The molecule has 56 heavy (non-hydrogen) atoms. The van der Waals surface area contributed by atoms with Crippen molar-refractivity contribution >= 4 is 66.4 Å². The number of nitro benzene ring substituents is 1. The molecule has 0 unspecified atom stereocenters. The Balaban J connectivity index is 1.22. The number of rotatable bonds is 22. The van der Waals surface area contributed by atoms with Crippen molar-refractivity contribution in [3.8, 4) is 0 Å². The topological polar surface area (TPSA) is 112 Å². The standard InChI is InChI=1S/C44H48N4O8/c1-51-23-25-55-29-27-53-21-19-45-41-9-5-3-7-37(41)39-31-35(15-17-43(39)45)47(33-11-13-34(14-12-33)48(49)50)36-16-18-44-40(32-36)38-8-4-6-10-42(38)46(44)20-22-54-28-30-56-26-24-52-2/h3-18,31-32H,19-30H2,1-2H3. The summed E-state index contributed by atoms with van der Waals surface area (Å²) in [6.45, 7) is 6.73. The summed E-state index contributed by atoms with van der Waals surface area (Å²) in [5.74, 6) is 0. The van der Waals surface area contributed by atoms with Gasteiger partial charge in [-0.2, -0.15) is 0 Å². The van der Waals surface area contributed by atoms with Crippen LogP contribution in [0.5, 0.6) is 0 Å². The van der Waals surface area contributed by atoms with Gasteiger partial charge in [0.05, 0.1) is 71.0 Å². The second-order valence-electron chi connectivity index (χ2n) is 13.3. The molecule has 0 bridgehead atoms. The molecule has 7 aromatic rings. The molecule has 2 aromatic heterocycles. The third-order valence-corrected chi connectivity index (χ3v) is 9.87. The van der Waals surface area contributed by atoms with E-state index in [0.29, 0.717) is 79.2 Å². The highest BCUT2D eigenvalue weighted by molar-refractivity contribution is 6.11. The third-order valence-electron chi connectivity index (χ3n) is 9.87. The number of ether oxygens (including phenoxy) is 6. The highest BCUT2D eigenvalue weighted by Crippen LogP contribution is 2.41. The minimum atomic E-state index is -0.369. The Morgan fingerprint density at radius 1 is 0.482 bits per heavy atom. The lowest BCUT2D eigenvalue weighted by Crippen LogP contribution is -2.12. The van der Waals surface area contributed by atoms with Crippen LogP contribution in [0.25, 0.3) is 43.6 Å². The molecule has 0 saturated carbocycles. The Morgan fingerprint density at radius 2 is 0.875 bits per heavy atom. The third kappa shape index (κ3) is 8.71. The van der Waals surface area contributed by atoms with Gasteiger partial charge < -0.3 is 42.5 Å². The molecule has 0 aliphatic carbocycles. The zero-order valence-corrected chi connectivity index (χ0v) is 31.9. The molecular weight excluding hydrogens is 713 g/mol. The van der Waals surface area contributed by atoms with Gasteiger partial charge in [-0.05, 0) is 60.7 Å². The van der Waals surface area contributed by atoms with E-state index in [9.17, 15) is 10.1 Å². The number of para-hydroxylation sites is 2.